The molecule has 5 saturated carbocycles. The monoisotopic (exact) mass is 525 g/mol. The lowest BCUT2D eigenvalue weighted by Crippen LogP contribution is -2.50. The molecule has 0 heteroatoms. The van der Waals surface area contributed by atoms with Crippen LogP contribution in [0.4, 0.5) is 0 Å². The first-order chi connectivity index (χ1) is 18.6. The topological polar surface area (TPSA) is 0 Å². The molecule has 2 spiro atoms. The molecule has 5 aliphatic rings. The van der Waals surface area contributed by atoms with Crippen LogP contribution in [0.15, 0.2) is 0 Å². The van der Waals surface area contributed by atoms with Crippen molar-refractivity contribution < 1.29 is 0 Å². The van der Waals surface area contributed by atoms with Crippen LogP contribution in [0.5, 0.6) is 0 Å². The van der Waals surface area contributed by atoms with Crippen LogP contribution in [-0.2, 0) is 0 Å². The summed E-state index contributed by atoms with van der Waals surface area (Å²) in [5, 5.41) is 0. The molecule has 5 fully saturated rings. The van der Waals surface area contributed by atoms with E-state index in [0.29, 0.717) is 0 Å². The predicted molar refractivity (Wildman–Crippen MR) is 166 cm³/mol. The van der Waals surface area contributed by atoms with Crippen molar-refractivity contribution in [3.63, 3.8) is 0 Å². The van der Waals surface area contributed by atoms with E-state index in [9.17, 15) is 0 Å². The minimum atomic E-state index is 0.815. The largest absolute Gasteiger partial charge is 0.0654 e. The second kappa shape index (κ2) is 14.3. The van der Waals surface area contributed by atoms with Crippen LogP contribution in [0.1, 0.15) is 194 Å². The smallest absolute Gasteiger partial charge is 0.0287 e. The van der Waals surface area contributed by atoms with Crippen molar-refractivity contribution in [2.75, 3.05) is 0 Å². The van der Waals surface area contributed by atoms with Gasteiger partial charge in [0.2, 0.25) is 0 Å². The molecule has 0 saturated heterocycles. The van der Waals surface area contributed by atoms with Gasteiger partial charge in [0, 0.05) is 0 Å². The van der Waals surface area contributed by atoms with E-state index >= 15 is 0 Å². The third-order valence-corrected chi connectivity index (χ3v) is 13.7. The highest BCUT2D eigenvalue weighted by atomic mass is 14.6. The van der Waals surface area contributed by atoms with E-state index in [4.69, 9.17) is 0 Å². The van der Waals surface area contributed by atoms with Crippen LogP contribution in [0.3, 0.4) is 0 Å². The van der Waals surface area contributed by atoms with Gasteiger partial charge in [-0.05, 0) is 136 Å². The van der Waals surface area contributed by atoms with Gasteiger partial charge in [0.15, 0.2) is 0 Å². The normalized spacial score (nSPS) is 41.8. The molecule has 0 radical (unpaired) electrons. The molecule has 0 aromatic carbocycles. The number of unbranched alkanes of at least 4 members (excludes halogenated alkanes) is 6. The molecule has 220 valence electrons. The maximum Gasteiger partial charge on any atom is -0.0287 e. The lowest BCUT2D eigenvalue weighted by atomic mass is 9.43. The standard InChI is InChI=1S/C38H68/c1-3-5-7-9-11-31-13-17-33(18-14-31)35-21-25-37(26-22-35)29-38(30-37)27-23-36(24-28-38)34-19-15-32(16-20-34)12-10-8-6-4-2/h31-36H,3-30H2,1-2H3/t31-,32-,33-,34-,35?,36?,37?,38?. The summed E-state index contributed by atoms with van der Waals surface area (Å²) >= 11 is 0. The summed E-state index contributed by atoms with van der Waals surface area (Å²) in [6, 6.07) is 0. The first kappa shape index (κ1) is 29.5. The fraction of sp³-hybridized carbons (Fsp3) is 1.00. The molecule has 38 heavy (non-hydrogen) atoms. The Morgan fingerprint density at radius 1 is 0.395 bits per heavy atom. The highest BCUT2D eigenvalue weighted by molar-refractivity contribution is 5.07. The Hall–Kier alpha value is 0. The van der Waals surface area contributed by atoms with E-state index in [1.54, 1.807) is 128 Å². The third-order valence-electron chi connectivity index (χ3n) is 13.7. The third kappa shape index (κ3) is 7.64. The maximum atomic E-state index is 2.34. The van der Waals surface area contributed by atoms with E-state index in [0.717, 1.165) is 46.3 Å². The average Bonchev–Trinajstić information content (AvgIpc) is 2.94. The second-order valence-corrected chi connectivity index (χ2v) is 16.3. The Labute approximate surface area is 239 Å². The van der Waals surface area contributed by atoms with Crippen LogP contribution < -0.4 is 0 Å². The van der Waals surface area contributed by atoms with E-state index < -0.39 is 0 Å². The number of rotatable bonds is 12. The van der Waals surface area contributed by atoms with Gasteiger partial charge in [-0.15, -0.1) is 0 Å². The van der Waals surface area contributed by atoms with Gasteiger partial charge in [-0.2, -0.15) is 0 Å². The zero-order valence-electron chi connectivity index (χ0n) is 26.3. The summed E-state index contributed by atoms with van der Waals surface area (Å²) in [6.45, 7) is 4.69. The van der Waals surface area contributed by atoms with Gasteiger partial charge in [-0.25, -0.2) is 0 Å². The lowest BCUT2D eigenvalue weighted by molar-refractivity contribution is -0.109. The van der Waals surface area contributed by atoms with Crippen LogP contribution in [0.25, 0.3) is 0 Å². The molecule has 0 aromatic heterocycles. The van der Waals surface area contributed by atoms with E-state index in [-0.39, 0.29) is 0 Å². The molecule has 5 rings (SSSR count). The average molecular weight is 525 g/mol. The lowest BCUT2D eigenvalue weighted by Gasteiger charge is -2.62. The summed E-state index contributed by atoms with van der Waals surface area (Å²) in [7, 11) is 0. The fourth-order valence-corrected chi connectivity index (χ4v) is 11.3. The molecule has 0 aliphatic heterocycles. The molecule has 0 atom stereocenters. The quantitative estimate of drug-likeness (QED) is 0.223. The summed E-state index contributed by atoms with van der Waals surface area (Å²) in [6.07, 6.45) is 43.6. The van der Waals surface area contributed by atoms with Gasteiger partial charge < -0.3 is 0 Å². The first-order valence-electron chi connectivity index (χ1n) is 18.6. The predicted octanol–water partition coefficient (Wildman–Crippen LogP) is 12.7. The summed E-state index contributed by atoms with van der Waals surface area (Å²) in [5.41, 5.74) is 1.63. The highest BCUT2D eigenvalue weighted by Gasteiger charge is 2.56. The van der Waals surface area contributed by atoms with Gasteiger partial charge in [0.25, 0.3) is 0 Å². The Bertz CT molecular complexity index is 578. The first-order valence-corrected chi connectivity index (χ1v) is 18.6. The second-order valence-electron chi connectivity index (χ2n) is 16.3. The maximum absolute atomic E-state index is 2.34. The van der Waals surface area contributed by atoms with Crippen molar-refractivity contribution in [2.45, 2.75) is 194 Å². The van der Waals surface area contributed by atoms with Gasteiger partial charge >= 0.3 is 0 Å². The van der Waals surface area contributed by atoms with Crippen LogP contribution in [-0.4, -0.2) is 0 Å². The molecule has 0 unspecified atom stereocenters. The highest BCUT2D eigenvalue weighted by Crippen LogP contribution is 2.67. The van der Waals surface area contributed by atoms with E-state index in [2.05, 4.69) is 13.8 Å². The molecule has 0 bridgehead atoms. The molecular formula is C38H68. The van der Waals surface area contributed by atoms with Crippen molar-refractivity contribution >= 4 is 0 Å². The molecular weight excluding hydrogens is 456 g/mol. The number of hydrogen-bond donors (Lipinski definition) is 0. The Morgan fingerprint density at radius 2 is 0.737 bits per heavy atom. The van der Waals surface area contributed by atoms with Crippen LogP contribution >= 0.6 is 0 Å². The van der Waals surface area contributed by atoms with Gasteiger partial charge in [0.05, 0.1) is 0 Å². The van der Waals surface area contributed by atoms with Crippen molar-refractivity contribution in [3.8, 4) is 0 Å². The van der Waals surface area contributed by atoms with Crippen molar-refractivity contribution in [1.29, 1.82) is 0 Å². The molecule has 0 aromatic rings. The molecule has 0 N–H and O–H groups in total. The SMILES string of the molecule is CCCCCC[C@H]1CC[C@H](C2CCC3(CC2)CC2(CCC([C@H]4CC[C@H](CCCCCC)CC4)CC2)C3)CC1. The van der Waals surface area contributed by atoms with Crippen molar-refractivity contribution in [2.24, 2.45) is 46.3 Å². The molecule has 0 nitrogen and oxygen atoms in total. The molecule has 0 heterocycles. The van der Waals surface area contributed by atoms with Crippen LogP contribution in [0.2, 0.25) is 0 Å². The van der Waals surface area contributed by atoms with Gasteiger partial charge in [-0.3, -0.25) is 0 Å². The summed E-state index contributed by atoms with van der Waals surface area (Å²) in [4.78, 5) is 0. The van der Waals surface area contributed by atoms with Gasteiger partial charge in [-0.1, -0.05) is 104 Å². The van der Waals surface area contributed by atoms with Crippen molar-refractivity contribution in [1.82, 2.24) is 0 Å². The Balaban J connectivity index is 0.950. The molecule has 0 amide bonds. The zero-order chi connectivity index (χ0) is 26.3. The Morgan fingerprint density at radius 3 is 1.08 bits per heavy atom. The Kier molecular flexibility index (Phi) is 11.1. The van der Waals surface area contributed by atoms with Crippen LogP contribution in [0, 0.1) is 46.3 Å². The minimum Gasteiger partial charge on any atom is -0.0654 e. The van der Waals surface area contributed by atoms with Crippen molar-refractivity contribution in [3.05, 3.63) is 0 Å². The number of hydrogen-bond acceptors (Lipinski definition) is 0. The fourth-order valence-electron chi connectivity index (χ4n) is 11.3. The molecule has 5 aliphatic carbocycles. The summed E-state index contributed by atoms with van der Waals surface area (Å²) in [5.74, 6) is 6.60. The minimum absolute atomic E-state index is 0.815. The zero-order valence-corrected chi connectivity index (χ0v) is 26.3. The summed E-state index contributed by atoms with van der Waals surface area (Å²) < 4.78 is 0. The van der Waals surface area contributed by atoms with Gasteiger partial charge in [0.1, 0.15) is 0 Å². The van der Waals surface area contributed by atoms with E-state index in [1.165, 1.54) is 51.4 Å². The van der Waals surface area contributed by atoms with E-state index in [1.807, 2.05) is 0 Å².